The molecule has 1 aromatic rings. The zero-order valence-corrected chi connectivity index (χ0v) is 8.46. The quantitative estimate of drug-likeness (QED) is 0.744. The third-order valence-corrected chi connectivity index (χ3v) is 3.15. The minimum Gasteiger partial charge on any atom is -0.333 e. The lowest BCUT2D eigenvalue weighted by molar-refractivity contribution is 0.343. The van der Waals surface area contributed by atoms with E-state index >= 15 is 0 Å². The van der Waals surface area contributed by atoms with Gasteiger partial charge in [-0.05, 0) is 25.7 Å². The average Bonchev–Trinajstić information content (AvgIpc) is 2.47. The first-order valence-electron chi connectivity index (χ1n) is 4.63. The second-order valence-electron chi connectivity index (χ2n) is 3.79. The monoisotopic (exact) mass is 199 g/mol. The van der Waals surface area contributed by atoms with Crippen molar-refractivity contribution in [3.8, 4) is 0 Å². The Kier molecular flexibility index (Phi) is 2.30. The number of nitrogens with zero attached hydrogens (tertiary/aromatic N) is 2. The SMILES string of the molecule is CC(N)C1CCn2cnc(Cl)c2C1. The fraction of sp³-hybridized carbons (Fsp3) is 0.667. The zero-order chi connectivity index (χ0) is 9.42. The molecule has 13 heavy (non-hydrogen) atoms. The highest BCUT2D eigenvalue weighted by atomic mass is 35.5. The zero-order valence-electron chi connectivity index (χ0n) is 7.70. The molecule has 2 N–H and O–H groups in total. The van der Waals surface area contributed by atoms with E-state index in [1.807, 2.05) is 6.33 Å². The minimum atomic E-state index is 0.250. The van der Waals surface area contributed by atoms with Crippen molar-refractivity contribution in [2.45, 2.75) is 32.4 Å². The van der Waals surface area contributed by atoms with Gasteiger partial charge in [-0.15, -0.1) is 0 Å². The van der Waals surface area contributed by atoms with Crippen LogP contribution in [-0.4, -0.2) is 15.6 Å². The lowest BCUT2D eigenvalue weighted by atomic mass is 9.90. The standard InChI is InChI=1S/C9H14ClN3/c1-6(11)7-2-3-13-5-12-9(10)8(13)4-7/h5-7H,2-4,11H2,1H3. The van der Waals surface area contributed by atoms with E-state index in [4.69, 9.17) is 17.3 Å². The maximum absolute atomic E-state index is 5.95. The first kappa shape index (κ1) is 9.03. The molecule has 0 aliphatic carbocycles. The van der Waals surface area contributed by atoms with Gasteiger partial charge in [-0.3, -0.25) is 0 Å². The van der Waals surface area contributed by atoms with Gasteiger partial charge < -0.3 is 10.3 Å². The molecule has 0 fully saturated rings. The summed E-state index contributed by atoms with van der Waals surface area (Å²) in [5, 5.41) is 0.644. The van der Waals surface area contributed by atoms with Crippen LogP contribution in [0.4, 0.5) is 0 Å². The molecular weight excluding hydrogens is 186 g/mol. The van der Waals surface area contributed by atoms with Gasteiger partial charge in [0, 0.05) is 12.6 Å². The van der Waals surface area contributed by atoms with Crippen molar-refractivity contribution in [3.63, 3.8) is 0 Å². The Bertz CT molecular complexity index is 306. The molecule has 0 bridgehead atoms. The van der Waals surface area contributed by atoms with Crippen LogP contribution in [0.5, 0.6) is 0 Å². The average molecular weight is 200 g/mol. The molecule has 2 atom stereocenters. The summed E-state index contributed by atoms with van der Waals surface area (Å²) < 4.78 is 2.13. The van der Waals surface area contributed by atoms with Crippen LogP contribution in [0, 0.1) is 5.92 Å². The molecule has 2 unspecified atom stereocenters. The first-order valence-corrected chi connectivity index (χ1v) is 5.01. The molecule has 0 saturated heterocycles. The molecule has 0 aromatic carbocycles. The Morgan fingerprint density at radius 3 is 3.23 bits per heavy atom. The molecular formula is C9H14ClN3. The first-order chi connectivity index (χ1) is 6.18. The maximum atomic E-state index is 5.95. The van der Waals surface area contributed by atoms with Crippen LogP contribution in [0.1, 0.15) is 19.0 Å². The number of fused-ring (bicyclic) bond motifs is 1. The van der Waals surface area contributed by atoms with Gasteiger partial charge in [0.15, 0.2) is 0 Å². The van der Waals surface area contributed by atoms with Crippen molar-refractivity contribution < 1.29 is 0 Å². The molecule has 1 aliphatic rings. The number of hydrogen-bond donors (Lipinski definition) is 1. The molecule has 0 spiro atoms. The van der Waals surface area contributed by atoms with E-state index in [2.05, 4.69) is 16.5 Å². The predicted octanol–water partition coefficient (Wildman–Crippen LogP) is 1.45. The number of nitrogens with two attached hydrogens (primary N) is 1. The summed E-state index contributed by atoms with van der Waals surface area (Å²) in [5.74, 6) is 0.557. The van der Waals surface area contributed by atoms with Crippen LogP contribution in [0.2, 0.25) is 5.15 Å². The molecule has 1 aromatic heterocycles. The van der Waals surface area contributed by atoms with Gasteiger partial charge in [0.2, 0.25) is 0 Å². The Labute approximate surface area is 82.9 Å². The highest BCUT2D eigenvalue weighted by Crippen LogP contribution is 2.26. The van der Waals surface area contributed by atoms with Crippen molar-refractivity contribution in [2.75, 3.05) is 0 Å². The molecule has 0 saturated carbocycles. The van der Waals surface area contributed by atoms with Gasteiger partial charge in [-0.25, -0.2) is 4.98 Å². The third kappa shape index (κ3) is 1.58. The normalized spacial score (nSPS) is 24.1. The molecule has 0 radical (unpaired) electrons. The van der Waals surface area contributed by atoms with Gasteiger partial charge in [0.05, 0.1) is 12.0 Å². The summed E-state index contributed by atoms with van der Waals surface area (Å²) in [6, 6.07) is 0.250. The second kappa shape index (κ2) is 3.31. The summed E-state index contributed by atoms with van der Waals surface area (Å²) in [7, 11) is 0. The predicted molar refractivity (Wildman–Crippen MR) is 52.7 cm³/mol. The van der Waals surface area contributed by atoms with Crippen molar-refractivity contribution in [1.82, 2.24) is 9.55 Å². The van der Waals surface area contributed by atoms with Gasteiger partial charge >= 0.3 is 0 Å². The second-order valence-corrected chi connectivity index (χ2v) is 4.15. The Morgan fingerprint density at radius 2 is 2.54 bits per heavy atom. The van der Waals surface area contributed by atoms with Crippen LogP contribution >= 0.6 is 11.6 Å². The summed E-state index contributed by atoms with van der Waals surface area (Å²) in [6.07, 6.45) is 3.92. The largest absolute Gasteiger partial charge is 0.333 e. The topological polar surface area (TPSA) is 43.8 Å². The number of halogens is 1. The van der Waals surface area contributed by atoms with Crippen LogP contribution in [-0.2, 0) is 13.0 Å². The number of hydrogen-bond acceptors (Lipinski definition) is 2. The van der Waals surface area contributed by atoms with Gasteiger partial charge in [-0.2, -0.15) is 0 Å². The maximum Gasteiger partial charge on any atom is 0.150 e. The Balaban J connectivity index is 2.22. The van der Waals surface area contributed by atoms with E-state index in [1.165, 1.54) is 0 Å². The lowest BCUT2D eigenvalue weighted by Crippen LogP contribution is -2.32. The smallest absolute Gasteiger partial charge is 0.150 e. The number of rotatable bonds is 1. The number of aryl methyl sites for hydroxylation is 1. The molecule has 4 heteroatoms. The van der Waals surface area contributed by atoms with Gasteiger partial charge in [-0.1, -0.05) is 11.6 Å². The van der Waals surface area contributed by atoms with Crippen molar-refractivity contribution in [1.29, 1.82) is 0 Å². The molecule has 1 aliphatic heterocycles. The van der Waals surface area contributed by atoms with Crippen LogP contribution in [0.15, 0.2) is 6.33 Å². The summed E-state index contributed by atoms with van der Waals surface area (Å²) >= 11 is 5.95. The highest BCUT2D eigenvalue weighted by Gasteiger charge is 2.23. The summed E-state index contributed by atoms with van der Waals surface area (Å²) in [4.78, 5) is 4.08. The summed E-state index contributed by atoms with van der Waals surface area (Å²) in [6.45, 7) is 3.06. The van der Waals surface area contributed by atoms with E-state index in [-0.39, 0.29) is 6.04 Å². The number of imidazole rings is 1. The van der Waals surface area contributed by atoms with Crippen LogP contribution in [0.25, 0.3) is 0 Å². The molecule has 0 amide bonds. The third-order valence-electron chi connectivity index (χ3n) is 2.84. The van der Waals surface area contributed by atoms with Gasteiger partial charge in [0.25, 0.3) is 0 Å². The molecule has 2 rings (SSSR count). The van der Waals surface area contributed by atoms with Crippen molar-refractivity contribution in [2.24, 2.45) is 11.7 Å². The molecule has 2 heterocycles. The van der Waals surface area contributed by atoms with E-state index in [0.29, 0.717) is 11.1 Å². The summed E-state index contributed by atoms with van der Waals surface area (Å²) in [5.41, 5.74) is 7.02. The lowest BCUT2D eigenvalue weighted by Gasteiger charge is -2.26. The Hall–Kier alpha value is -0.540. The highest BCUT2D eigenvalue weighted by molar-refractivity contribution is 6.30. The number of aromatic nitrogens is 2. The van der Waals surface area contributed by atoms with Gasteiger partial charge in [0.1, 0.15) is 5.15 Å². The fourth-order valence-corrected chi connectivity index (χ4v) is 2.11. The molecule has 72 valence electrons. The van der Waals surface area contributed by atoms with Crippen LogP contribution in [0.3, 0.4) is 0 Å². The Morgan fingerprint density at radius 1 is 1.77 bits per heavy atom. The van der Waals surface area contributed by atoms with Crippen LogP contribution < -0.4 is 5.73 Å². The van der Waals surface area contributed by atoms with Crippen molar-refractivity contribution >= 4 is 11.6 Å². The van der Waals surface area contributed by atoms with E-state index in [1.54, 1.807) is 0 Å². The van der Waals surface area contributed by atoms with Crippen molar-refractivity contribution in [3.05, 3.63) is 17.2 Å². The van der Waals surface area contributed by atoms with E-state index < -0.39 is 0 Å². The minimum absolute atomic E-state index is 0.250. The fourth-order valence-electron chi connectivity index (χ4n) is 1.88. The molecule has 3 nitrogen and oxygen atoms in total. The van der Waals surface area contributed by atoms with E-state index in [9.17, 15) is 0 Å². The van der Waals surface area contributed by atoms with E-state index in [0.717, 1.165) is 25.1 Å².